The first-order valence-electron chi connectivity index (χ1n) is 6.43. The minimum absolute atomic E-state index is 0.0450. The summed E-state index contributed by atoms with van der Waals surface area (Å²) in [5.74, 6) is -1.07. The van der Waals surface area contributed by atoms with E-state index in [1.54, 1.807) is 24.3 Å². The molecule has 2 unspecified atom stereocenters. The molecule has 0 aliphatic rings. The monoisotopic (exact) mass is 284 g/mol. The molecule has 0 spiro atoms. The van der Waals surface area contributed by atoms with Crippen LogP contribution in [0.2, 0.25) is 5.02 Å². The molecule has 1 aromatic rings. The van der Waals surface area contributed by atoms with Crippen LogP contribution in [0.1, 0.15) is 32.8 Å². The highest BCUT2D eigenvalue weighted by Crippen LogP contribution is 2.39. The van der Waals surface area contributed by atoms with Crippen molar-refractivity contribution in [2.24, 2.45) is 11.8 Å². The lowest BCUT2D eigenvalue weighted by Crippen LogP contribution is -2.43. The van der Waals surface area contributed by atoms with E-state index in [1.807, 2.05) is 20.8 Å². The third-order valence-electron chi connectivity index (χ3n) is 3.50. The Bertz CT molecular complexity index is 445. The minimum atomic E-state index is -1.27. The summed E-state index contributed by atoms with van der Waals surface area (Å²) in [6.45, 7) is 5.64. The Kier molecular flexibility index (Phi) is 5.39. The Morgan fingerprint density at radius 1 is 1.47 bits per heavy atom. The van der Waals surface area contributed by atoms with Crippen LogP contribution < -0.4 is 0 Å². The van der Waals surface area contributed by atoms with Crippen molar-refractivity contribution in [3.05, 3.63) is 34.9 Å². The summed E-state index contributed by atoms with van der Waals surface area (Å²) < 4.78 is 4.84. The van der Waals surface area contributed by atoms with Gasteiger partial charge in [0.15, 0.2) is 0 Å². The number of hydrogen-bond donors (Lipinski definition) is 1. The standard InChI is InChI=1S/C15H21ClO3/c1-5-15(18,11-7-6-8-12(16)9-11)13(10(2)3)14(17)19-4/h6-10,13,18H,5H2,1-4H3. The molecular weight excluding hydrogens is 264 g/mol. The summed E-state index contributed by atoms with van der Waals surface area (Å²) in [7, 11) is 1.34. The molecule has 1 N–H and O–H groups in total. The third kappa shape index (κ3) is 3.28. The van der Waals surface area contributed by atoms with Crippen LogP contribution in [0.25, 0.3) is 0 Å². The first-order chi connectivity index (χ1) is 8.86. The molecule has 0 saturated heterocycles. The molecule has 4 heteroatoms. The predicted octanol–water partition coefficient (Wildman–Crippen LogP) is 3.38. The minimum Gasteiger partial charge on any atom is -0.469 e. The van der Waals surface area contributed by atoms with Crippen LogP contribution in [0.5, 0.6) is 0 Å². The van der Waals surface area contributed by atoms with Crippen molar-refractivity contribution >= 4 is 17.6 Å². The van der Waals surface area contributed by atoms with Gasteiger partial charge in [0.05, 0.1) is 13.0 Å². The number of aliphatic hydroxyl groups is 1. The van der Waals surface area contributed by atoms with Crippen LogP contribution in [0.4, 0.5) is 0 Å². The van der Waals surface area contributed by atoms with Gasteiger partial charge in [0.2, 0.25) is 0 Å². The molecule has 0 heterocycles. The Morgan fingerprint density at radius 3 is 2.53 bits per heavy atom. The molecule has 1 rings (SSSR count). The average molecular weight is 285 g/mol. The zero-order chi connectivity index (χ0) is 14.6. The Morgan fingerprint density at radius 2 is 2.11 bits per heavy atom. The summed E-state index contributed by atoms with van der Waals surface area (Å²) in [6.07, 6.45) is 0.408. The second-order valence-corrected chi connectivity index (χ2v) is 5.47. The molecule has 0 aliphatic carbocycles. The number of esters is 1. The lowest BCUT2D eigenvalue weighted by Gasteiger charge is -2.36. The molecule has 3 nitrogen and oxygen atoms in total. The lowest BCUT2D eigenvalue weighted by atomic mass is 9.74. The van der Waals surface area contributed by atoms with Gasteiger partial charge in [-0.15, -0.1) is 0 Å². The zero-order valence-electron chi connectivity index (χ0n) is 11.8. The van der Waals surface area contributed by atoms with Gasteiger partial charge in [-0.05, 0) is 30.0 Å². The van der Waals surface area contributed by atoms with Crippen LogP contribution in [-0.4, -0.2) is 18.2 Å². The van der Waals surface area contributed by atoms with Gasteiger partial charge in [-0.2, -0.15) is 0 Å². The number of halogens is 1. The van der Waals surface area contributed by atoms with Crippen molar-refractivity contribution in [2.75, 3.05) is 7.11 Å². The molecule has 0 amide bonds. The van der Waals surface area contributed by atoms with Crippen molar-refractivity contribution < 1.29 is 14.6 Å². The summed E-state index contributed by atoms with van der Waals surface area (Å²) in [5.41, 5.74) is -0.627. The highest BCUT2D eigenvalue weighted by molar-refractivity contribution is 6.30. The van der Waals surface area contributed by atoms with Crippen molar-refractivity contribution in [3.8, 4) is 0 Å². The topological polar surface area (TPSA) is 46.5 Å². The maximum Gasteiger partial charge on any atom is 0.312 e. The van der Waals surface area contributed by atoms with Gasteiger partial charge in [0, 0.05) is 5.02 Å². The van der Waals surface area contributed by atoms with E-state index >= 15 is 0 Å². The Balaban J connectivity index is 3.31. The number of carbonyl (C=O) groups excluding carboxylic acids is 1. The van der Waals surface area contributed by atoms with Gasteiger partial charge in [-0.1, -0.05) is 44.5 Å². The van der Waals surface area contributed by atoms with Gasteiger partial charge < -0.3 is 9.84 Å². The van der Waals surface area contributed by atoms with Crippen LogP contribution >= 0.6 is 11.6 Å². The number of carbonyl (C=O) groups is 1. The molecule has 0 saturated carbocycles. The molecule has 0 aromatic heterocycles. The van der Waals surface area contributed by atoms with E-state index in [1.165, 1.54) is 7.11 Å². The molecule has 0 radical (unpaired) electrons. The number of rotatable bonds is 5. The summed E-state index contributed by atoms with van der Waals surface area (Å²) in [5, 5.41) is 11.5. The molecule has 1 aromatic carbocycles. The molecule has 2 atom stereocenters. The third-order valence-corrected chi connectivity index (χ3v) is 3.73. The summed E-state index contributed by atoms with van der Waals surface area (Å²) >= 11 is 5.98. The maximum absolute atomic E-state index is 12.0. The number of hydrogen-bond acceptors (Lipinski definition) is 3. The van der Waals surface area contributed by atoms with E-state index in [4.69, 9.17) is 16.3 Å². The molecular formula is C15H21ClO3. The Hall–Kier alpha value is -1.06. The van der Waals surface area contributed by atoms with Crippen LogP contribution in [-0.2, 0) is 15.1 Å². The smallest absolute Gasteiger partial charge is 0.312 e. The van der Waals surface area contributed by atoms with Crippen LogP contribution in [0, 0.1) is 11.8 Å². The fraction of sp³-hybridized carbons (Fsp3) is 0.533. The van der Waals surface area contributed by atoms with E-state index in [9.17, 15) is 9.90 Å². The average Bonchev–Trinajstić information content (AvgIpc) is 2.37. The number of benzene rings is 1. The van der Waals surface area contributed by atoms with E-state index in [-0.39, 0.29) is 5.92 Å². The summed E-state index contributed by atoms with van der Waals surface area (Å²) in [4.78, 5) is 12.0. The van der Waals surface area contributed by atoms with Crippen molar-refractivity contribution in [1.29, 1.82) is 0 Å². The zero-order valence-corrected chi connectivity index (χ0v) is 12.6. The fourth-order valence-corrected chi connectivity index (χ4v) is 2.70. The molecule has 106 valence electrons. The van der Waals surface area contributed by atoms with Gasteiger partial charge in [0.25, 0.3) is 0 Å². The number of ether oxygens (including phenoxy) is 1. The van der Waals surface area contributed by atoms with Gasteiger partial charge >= 0.3 is 5.97 Å². The number of methoxy groups -OCH3 is 1. The van der Waals surface area contributed by atoms with Crippen molar-refractivity contribution in [1.82, 2.24) is 0 Å². The summed E-state index contributed by atoms with van der Waals surface area (Å²) in [6, 6.07) is 6.99. The predicted molar refractivity (Wildman–Crippen MR) is 76.0 cm³/mol. The SMILES string of the molecule is CCC(O)(c1cccc(Cl)c1)C(C(=O)OC)C(C)C. The quantitative estimate of drug-likeness (QED) is 0.843. The first kappa shape index (κ1) is 16.0. The lowest BCUT2D eigenvalue weighted by molar-refractivity contribution is -0.161. The van der Waals surface area contributed by atoms with Crippen molar-refractivity contribution in [2.45, 2.75) is 32.8 Å². The fourth-order valence-electron chi connectivity index (χ4n) is 2.51. The maximum atomic E-state index is 12.0. The largest absolute Gasteiger partial charge is 0.469 e. The van der Waals surface area contributed by atoms with E-state index in [0.717, 1.165) is 0 Å². The highest BCUT2D eigenvalue weighted by Gasteiger charge is 2.44. The first-order valence-corrected chi connectivity index (χ1v) is 6.80. The second-order valence-electron chi connectivity index (χ2n) is 5.03. The molecule has 0 fully saturated rings. The van der Waals surface area contributed by atoms with Crippen LogP contribution in [0.15, 0.2) is 24.3 Å². The van der Waals surface area contributed by atoms with E-state index < -0.39 is 17.5 Å². The van der Waals surface area contributed by atoms with E-state index in [2.05, 4.69) is 0 Å². The highest BCUT2D eigenvalue weighted by atomic mass is 35.5. The molecule has 0 bridgehead atoms. The van der Waals surface area contributed by atoms with Crippen LogP contribution in [0.3, 0.4) is 0 Å². The van der Waals surface area contributed by atoms with E-state index in [0.29, 0.717) is 17.0 Å². The van der Waals surface area contributed by atoms with Gasteiger partial charge in [-0.25, -0.2) is 0 Å². The normalized spacial score (nSPS) is 15.9. The van der Waals surface area contributed by atoms with Gasteiger partial charge in [-0.3, -0.25) is 4.79 Å². The second kappa shape index (κ2) is 6.40. The molecule has 19 heavy (non-hydrogen) atoms. The van der Waals surface area contributed by atoms with Crippen molar-refractivity contribution in [3.63, 3.8) is 0 Å². The molecule has 0 aliphatic heterocycles. The van der Waals surface area contributed by atoms with Gasteiger partial charge in [0.1, 0.15) is 5.60 Å². The Labute approximate surface area is 119 Å².